The minimum atomic E-state index is -1.03. The first-order chi connectivity index (χ1) is 14.5. The van der Waals surface area contributed by atoms with Gasteiger partial charge in [-0.25, -0.2) is 8.78 Å². The molecule has 0 unspecified atom stereocenters. The molecule has 0 aliphatic heterocycles. The van der Waals surface area contributed by atoms with Crippen molar-refractivity contribution in [1.82, 2.24) is 14.8 Å². The van der Waals surface area contributed by atoms with E-state index in [0.717, 1.165) is 24.1 Å². The Hall–Kier alpha value is -2.49. The SMILES string of the molecule is COCCCn1c(SCC(=O)Nc2ccc(F)c(F)c2)nnc1-c1ccccc1Cl. The van der Waals surface area contributed by atoms with Gasteiger partial charge in [0.05, 0.1) is 10.8 Å². The Bertz CT molecular complexity index is 1030. The number of carbonyl (C=O) groups is 1. The van der Waals surface area contributed by atoms with E-state index in [-0.39, 0.29) is 17.3 Å². The summed E-state index contributed by atoms with van der Waals surface area (Å²) in [5.74, 6) is -1.76. The Morgan fingerprint density at radius 2 is 2.00 bits per heavy atom. The molecule has 10 heteroatoms. The van der Waals surface area contributed by atoms with Crippen LogP contribution in [0.25, 0.3) is 11.4 Å². The van der Waals surface area contributed by atoms with Gasteiger partial charge >= 0.3 is 0 Å². The summed E-state index contributed by atoms with van der Waals surface area (Å²) >= 11 is 7.50. The van der Waals surface area contributed by atoms with Crippen molar-refractivity contribution in [2.24, 2.45) is 0 Å². The first-order valence-corrected chi connectivity index (χ1v) is 10.4. The number of anilines is 1. The fourth-order valence-electron chi connectivity index (χ4n) is 2.71. The van der Waals surface area contributed by atoms with Crippen molar-refractivity contribution in [2.45, 2.75) is 18.1 Å². The first-order valence-electron chi connectivity index (χ1n) is 9.04. The van der Waals surface area contributed by atoms with Gasteiger partial charge in [-0.2, -0.15) is 0 Å². The maximum atomic E-state index is 13.3. The van der Waals surface area contributed by atoms with Gasteiger partial charge in [0.15, 0.2) is 22.6 Å². The van der Waals surface area contributed by atoms with Gasteiger partial charge in [0.2, 0.25) is 5.91 Å². The molecular weight excluding hydrogens is 434 g/mol. The summed E-state index contributed by atoms with van der Waals surface area (Å²) in [6.07, 6.45) is 0.723. The maximum absolute atomic E-state index is 13.3. The molecule has 0 saturated heterocycles. The van der Waals surface area contributed by atoms with Crippen LogP contribution in [-0.2, 0) is 16.1 Å². The van der Waals surface area contributed by atoms with E-state index in [0.29, 0.717) is 29.2 Å². The molecule has 158 valence electrons. The zero-order valence-corrected chi connectivity index (χ0v) is 17.6. The van der Waals surface area contributed by atoms with Crippen molar-refractivity contribution in [1.29, 1.82) is 0 Å². The van der Waals surface area contributed by atoms with E-state index in [1.54, 1.807) is 13.2 Å². The lowest BCUT2D eigenvalue weighted by Crippen LogP contribution is -2.15. The molecule has 3 rings (SSSR count). The van der Waals surface area contributed by atoms with Gasteiger partial charge in [-0.15, -0.1) is 10.2 Å². The third kappa shape index (κ3) is 5.56. The van der Waals surface area contributed by atoms with E-state index in [1.807, 2.05) is 22.8 Å². The van der Waals surface area contributed by atoms with Crippen LogP contribution in [0.15, 0.2) is 47.6 Å². The highest BCUT2D eigenvalue weighted by Crippen LogP contribution is 2.29. The molecule has 0 fully saturated rings. The molecule has 1 aromatic heterocycles. The van der Waals surface area contributed by atoms with Gasteiger partial charge < -0.3 is 14.6 Å². The summed E-state index contributed by atoms with van der Waals surface area (Å²) in [5, 5.41) is 12.1. The minimum absolute atomic E-state index is 0.0178. The van der Waals surface area contributed by atoms with Gasteiger partial charge in [-0.1, -0.05) is 35.5 Å². The Morgan fingerprint density at radius 1 is 1.20 bits per heavy atom. The lowest BCUT2D eigenvalue weighted by molar-refractivity contribution is -0.113. The number of hydrogen-bond acceptors (Lipinski definition) is 5. The minimum Gasteiger partial charge on any atom is -0.385 e. The van der Waals surface area contributed by atoms with Crippen LogP contribution in [0.1, 0.15) is 6.42 Å². The van der Waals surface area contributed by atoms with Crippen molar-refractivity contribution >= 4 is 35.0 Å². The zero-order valence-electron chi connectivity index (χ0n) is 16.1. The topological polar surface area (TPSA) is 69.0 Å². The molecule has 1 N–H and O–H groups in total. The smallest absolute Gasteiger partial charge is 0.234 e. The summed E-state index contributed by atoms with van der Waals surface area (Å²) in [6, 6.07) is 10.5. The highest BCUT2D eigenvalue weighted by molar-refractivity contribution is 7.99. The average Bonchev–Trinajstić information content (AvgIpc) is 3.12. The van der Waals surface area contributed by atoms with Crippen LogP contribution in [-0.4, -0.2) is 40.1 Å². The van der Waals surface area contributed by atoms with Crippen molar-refractivity contribution < 1.29 is 18.3 Å². The number of benzene rings is 2. The largest absolute Gasteiger partial charge is 0.385 e. The number of nitrogens with one attached hydrogen (secondary N) is 1. The van der Waals surface area contributed by atoms with Crippen molar-refractivity contribution in [3.05, 3.63) is 59.1 Å². The number of ether oxygens (including phenoxy) is 1. The number of aromatic nitrogens is 3. The van der Waals surface area contributed by atoms with Gasteiger partial charge in [0.1, 0.15) is 0 Å². The molecule has 1 heterocycles. The lowest BCUT2D eigenvalue weighted by atomic mass is 10.2. The second-order valence-electron chi connectivity index (χ2n) is 6.25. The number of methoxy groups -OCH3 is 1. The summed E-state index contributed by atoms with van der Waals surface area (Å²) in [4.78, 5) is 12.2. The number of thioether (sulfide) groups is 1. The maximum Gasteiger partial charge on any atom is 0.234 e. The summed E-state index contributed by atoms with van der Waals surface area (Å²) in [5.41, 5.74) is 0.917. The van der Waals surface area contributed by atoms with E-state index >= 15 is 0 Å². The predicted molar refractivity (Wildman–Crippen MR) is 113 cm³/mol. The molecule has 0 radical (unpaired) electrons. The molecule has 0 bridgehead atoms. The van der Waals surface area contributed by atoms with Crippen molar-refractivity contribution in [3.8, 4) is 11.4 Å². The van der Waals surface area contributed by atoms with Gasteiger partial charge in [0, 0.05) is 37.6 Å². The van der Waals surface area contributed by atoms with E-state index < -0.39 is 11.6 Å². The monoisotopic (exact) mass is 452 g/mol. The summed E-state index contributed by atoms with van der Waals surface area (Å²) in [7, 11) is 1.62. The van der Waals surface area contributed by atoms with Crippen molar-refractivity contribution in [2.75, 3.05) is 24.8 Å². The number of halogens is 3. The number of rotatable bonds is 9. The van der Waals surface area contributed by atoms with Crippen LogP contribution in [0.5, 0.6) is 0 Å². The lowest BCUT2D eigenvalue weighted by Gasteiger charge is -2.11. The van der Waals surface area contributed by atoms with E-state index in [9.17, 15) is 13.6 Å². The zero-order chi connectivity index (χ0) is 21.5. The molecule has 0 saturated carbocycles. The normalized spacial score (nSPS) is 10.9. The first kappa shape index (κ1) is 22.2. The number of hydrogen-bond donors (Lipinski definition) is 1. The summed E-state index contributed by atoms with van der Waals surface area (Å²) < 4.78 is 33.3. The summed E-state index contributed by atoms with van der Waals surface area (Å²) in [6.45, 7) is 1.13. The molecule has 6 nitrogen and oxygen atoms in total. The molecule has 0 atom stereocenters. The second kappa shape index (κ2) is 10.5. The quantitative estimate of drug-likeness (QED) is 0.378. The molecule has 2 aromatic carbocycles. The number of nitrogens with zero attached hydrogens (tertiary/aromatic N) is 3. The standard InChI is InChI=1S/C20H19ClF2N4O2S/c1-29-10-4-9-27-19(14-5-2-3-6-15(14)21)25-26-20(27)30-12-18(28)24-13-7-8-16(22)17(23)11-13/h2-3,5-8,11H,4,9-10,12H2,1H3,(H,24,28). The van der Waals surface area contributed by atoms with Crippen LogP contribution in [0.3, 0.4) is 0 Å². The predicted octanol–water partition coefficient (Wildman–Crippen LogP) is 4.64. The molecule has 0 aliphatic carbocycles. The molecule has 0 spiro atoms. The Balaban J connectivity index is 1.73. The fourth-order valence-corrected chi connectivity index (χ4v) is 3.69. The fraction of sp³-hybridized carbons (Fsp3) is 0.250. The molecular formula is C20H19ClF2N4O2S. The Morgan fingerprint density at radius 3 is 2.73 bits per heavy atom. The van der Waals surface area contributed by atoms with E-state index in [1.165, 1.54) is 17.8 Å². The second-order valence-corrected chi connectivity index (χ2v) is 7.60. The third-order valence-electron chi connectivity index (χ3n) is 4.10. The van der Waals surface area contributed by atoms with Crippen molar-refractivity contribution in [3.63, 3.8) is 0 Å². The van der Waals surface area contributed by atoms with Crippen LogP contribution < -0.4 is 5.32 Å². The highest BCUT2D eigenvalue weighted by Gasteiger charge is 2.17. The van der Waals surface area contributed by atoms with Gasteiger partial charge in [-0.05, 0) is 30.7 Å². The van der Waals surface area contributed by atoms with Crippen LogP contribution in [0.4, 0.5) is 14.5 Å². The van der Waals surface area contributed by atoms with E-state index in [4.69, 9.17) is 16.3 Å². The Kier molecular flexibility index (Phi) is 7.78. The molecule has 0 aliphatic rings. The Labute approximate surface area is 181 Å². The van der Waals surface area contributed by atoms with Crippen LogP contribution in [0, 0.1) is 11.6 Å². The molecule has 30 heavy (non-hydrogen) atoms. The van der Waals surface area contributed by atoms with E-state index in [2.05, 4.69) is 15.5 Å². The number of carbonyl (C=O) groups excluding carboxylic acids is 1. The average molecular weight is 453 g/mol. The molecule has 1 amide bonds. The van der Waals surface area contributed by atoms with Crippen LogP contribution in [0.2, 0.25) is 5.02 Å². The third-order valence-corrected chi connectivity index (χ3v) is 5.39. The van der Waals surface area contributed by atoms with Gasteiger partial charge in [0.25, 0.3) is 0 Å². The van der Waals surface area contributed by atoms with Crippen LogP contribution >= 0.6 is 23.4 Å². The highest BCUT2D eigenvalue weighted by atomic mass is 35.5. The molecule has 3 aromatic rings. The van der Waals surface area contributed by atoms with Gasteiger partial charge in [-0.3, -0.25) is 4.79 Å². The number of amides is 1.